The molecule has 0 aliphatic carbocycles. The molecule has 2 aromatic rings. The summed E-state index contributed by atoms with van der Waals surface area (Å²) in [7, 11) is 1.87. The highest BCUT2D eigenvalue weighted by Gasteiger charge is 2.07. The molecule has 0 radical (unpaired) electrons. The normalized spacial score (nSPS) is 10.4. The van der Waals surface area contributed by atoms with Crippen molar-refractivity contribution in [1.29, 1.82) is 0 Å². The van der Waals surface area contributed by atoms with E-state index in [2.05, 4.69) is 16.0 Å². The van der Waals surface area contributed by atoms with Gasteiger partial charge in [0.2, 0.25) is 5.91 Å². The van der Waals surface area contributed by atoms with Gasteiger partial charge < -0.3 is 16.0 Å². The van der Waals surface area contributed by atoms with Crippen LogP contribution in [0.3, 0.4) is 0 Å². The van der Waals surface area contributed by atoms with Crippen LogP contribution in [0.15, 0.2) is 48.5 Å². The molecule has 5 heteroatoms. The van der Waals surface area contributed by atoms with Gasteiger partial charge in [0, 0.05) is 25.1 Å². The second-order valence-corrected chi connectivity index (χ2v) is 6.35. The molecule has 0 saturated carbocycles. The summed E-state index contributed by atoms with van der Waals surface area (Å²) in [6.45, 7) is 3.78. The van der Waals surface area contributed by atoms with E-state index in [1.54, 1.807) is 6.07 Å². The number of nitrogens with one attached hydrogen (secondary N) is 3. The quantitative estimate of drug-likeness (QED) is 0.607. The summed E-state index contributed by atoms with van der Waals surface area (Å²) < 4.78 is 0. The number of rotatable bonds is 9. The molecule has 26 heavy (non-hydrogen) atoms. The van der Waals surface area contributed by atoms with Crippen molar-refractivity contribution in [2.45, 2.75) is 32.9 Å². The van der Waals surface area contributed by atoms with Gasteiger partial charge in [-0.15, -0.1) is 0 Å². The fourth-order valence-electron chi connectivity index (χ4n) is 2.53. The van der Waals surface area contributed by atoms with Crippen molar-refractivity contribution in [3.63, 3.8) is 0 Å². The Morgan fingerprint density at radius 1 is 0.923 bits per heavy atom. The van der Waals surface area contributed by atoms with Crippen molar-refractivity contribution < 1.29 is 9.59 Å². The number of carbonyl (C=O) groups excluding carboxylic acids is 2. The van der Waals surface area contributed by atoms with Crippen LogP contribution in [0, 0.1) is 6.92 Å². The molecule has 0 aliphatic rings. The number of hydrogen-bond acceptors (Lipinski definition) is 3. The Hall–Kier alpha value is -2.66. The van der Waals surface area contributed by atoms with Crippen LogP contribution < -0.4 is 16.0 Å². The van der Waals surface area contributed by atoms with Crippen LogP contribution in [0.4, 0.5) is 0 Å². The Labute approximate surface area is 155 Å². The average molecular weight is 353 g/mol. The minimum Gasteiger partial charge on any atom is -0.352 e. The maximum Gasteiger partial charge on any atom is 0.251 e. The molecule has 0 spiro atoms. The molecular formula is C21H27N3O2. The van der Waals surface area contributed by atoms with Crippen molar-refractivity contribution >= 4 is 11.8 Å². The summed E-state index contributed by atoms with van der Waals surface area (Å²) in [4.78, 5) is 24.1. The van der Waals surface area contributed by atoms with E-state index in [0.29, 0.717) is 25.1 Å². The topological polar surface area (TPSA) is 70.2 Å². The molecule has 0 aromatic heterocycles. The number of amides is 2. The largest absolute Gasteiger partial charge is 0.352 e. The maximum absolute atomic E-state index is 12.3. The number of aryl methyl sites for hydroxylation is 1. The van der Waals surface area contributed by atoms with Crippen LogP contribution in [0.2, 0.25) is 0 Å². The lowest BCUT2D eigenvalue weighted by Gasteiger charge is -2.09. The molecule has 0 unspecified atom stereocenters. The third-order valence-electron chi connectivity index (χ3n) is 4.08. The fraction of sp³-hybridized carbons (Fsp3) is 0.333. The minimum atomic E-state index is -0.118. The van der Waals surface area contributed by atoms with Gasteiger partial charge in [-0.25, -0.2) is 0 Å². The van der Waals surface area contributed by atoms with Gasteiger partial charge in [-0.2, -0.15) is 0 Å². The summed E-state index contributed by atoms with van der Waals surface area (Å²) in [5.41, 5.74) is 3.77. The van der Waals surface area contributed by atoms with Crippen molar-refractivity contribution in [3.05, 3.63) is 70.8 Å². The molecule has 2 aromatic carbocycles. The summed E-state index contributed by atoms with van der Waals surface area (Å²) in [5, 5.41) is 8.84. The zero-order valence-corrected chi connectivity index (χ0v) is 15.5. The Morgan fingerprint density at radius 3 is 2.38 bits per heavy atom. The summed E-state index contributed by atoms with van der Waals surface area (Å²) in [6, 6.07) is 15.4. The first-order valence-electron chi connectivity index (χ1n) is 8.92. The second-order valence-electron chi connectivity index (χ2n) is 6.35. The maximum atomic E-state index is 12.3. The molecular weight excluding hydrogens is 326 g/mol. The van der Waals surface area contributed by atoms with E-state index in [9.17, 15) is 9.59 Å². The van der Waals surface area contributed by atoms with E-state index in [4.69, 9.17) is 0 Å². The van der Waals surface area contributed by atoms with Gasteiger partial charge in [0.1, 0.15) is 0 Å². The summed E-state index contributed by atoms with van der Waals surface area (Å²) in [6.07, 6.45) is 1.31. The average Bonchev–Trinajstić information content (AvgIpc) is 2.66. The first-order chi connectivity index (χ1) is 12.6. The number of benzene rings is 2. The van der Waals surface area contributed by atoms with E-state index < -0.39 is 0 Å². The second kappa shape index (κ2) is 10.4. The van der Waals surface area contributed by atoms with Gasteiger partial charge in [-0.1, -0.05) is 42.0 Å². The molecule has 0 heterocycles. The molecule has 0 aliphatic heterocycles. The van der Waals surface area contributed by atoms with Gasteiger partial charge in [0.25, 0.3) is 5.91 Å². The molecule has 0 saturated heterocycles. The minimum absolute atomic E-state index is 0.0227. The molecule has 2 rings (SSSR count). The zero-order chi connectivity index (χ0) is 18.8. The van der Waals surface area contributed by atoms with Crippen LogP contribution in [-0.2, 0) is 17.9 Å². The van der Waals surface area contributed by atoms with Gasteiger partial charge in [0.15, 0.2) is 0 Å². The van der Waals surface area contributed by atoms with Gasteiger partial charge in [-0.05, 0) is 50.2 Å². The molecule has 3 N–H and O–H groups in total. The van der Waals surface area contributed by atoms with E-state index in [0.717, 1.165) is 24.1 Å². The zero-order valence-electron chi connectivity index (χ0n) is 15.5. The van der Waals surface area contributed by atoms with Crippen LogP contribution in [-0.4, -0.2) is 25.4 Å². The van der Waals surface area contributed by atoms with Crippen molar-refractivity contribution in [3.8, 4) is 0 Å². The summed E-state index contributed by atoms with van der Waals surface area (Å²) >= 11 is 0. The number of hydrogen-bond donors (Lipinski definition) is 3. The third kappa shape index (κ3) is 6.69. The van der Waals surface area contributed by atoms with Crippen LogP contribution >= 0.6 is 0 Å². The fourth-order valence-corrected chi connectivity index (χ4v) is 2.53. The van der Waals surface area contributed by atoms with E-state index in [1.807, 2.05) is 56.4 Å². The van der Waals surface area contributed by atoms with Gasteiger partial charge >= 0.3 is 0 Å². The van der Waals surface area contributed by atoms with Crippen LogP contribution in [0.1, 0.15) is 39.9 Å². The van der Waals surface area contributed by atoms with Crippen molar-refractivity contribution in [2.24, 2.45) is 0 Å². The lowest BCUT2D eigenvalue weighted by atomic mass is 10.1. The smallest absolute Gasteiger partial charge is 0.251 e. The predicted molar refractivity (Wildman–Crippen MR) is 104 cm³/mol. The standard InChI is InChI=1S/C21H27N3O2/c1-16-8-10-17(11-9-16)14-24-21(26)19-6-3-5-18(13-19)15-23-20(25)7-4-12-22-2/h3,5-6,8-11,13,22H,4,7,12,14-15H2,1-2H3,(H,23,25)(H,24,26). The Morgan fingerprint density at radius 2 is 1.65 bits per heavy atom. The van der Waals surface area contributed by atoms with Crippen molar-refractivity contribution in [2.75, 3.05) is 13.6 Å². The molecule has 0 bridgehead atoms. The highest BCUT2D eigenvalue weighted by atomic mass is 16.2. The van der Waals surface area contributed by atoms with Gasteiger partial charge in [-0.3, -0.25) is 9.59 Å². The molecule has 138 valence electrons. The van der Waals surface area contributed by atoms with Gasteiger partial charge in [0.05, 0.1) is 0 Å². The lowest BCUT2D eigenvalue weighted by molar-refractivity contribution is -0.121. The summed E-state index contributed by atoms with van der Waals surface area (Å²) in [5.74, 6) is -0.0951. The first kappa shape index (κ1) is 19.7. The van der Waals surface area contributed by atoms with E-state index in [1.165, 1.54) is 5.56 Å². The van der Waals surface area contributed by atoms with E-state index in [-0.39, 0.29) is 11.8 Å². The predicted octanol–water partition coefficient (Wildman–Crippen LogP) is 2.54. The highest BCUT2D eigenvalue weighted by Crippen LogP contribution is 2.07. The monoisotopic (exact) mass is 353 g/mol. The Kier molecular flexibility index (Phi) is 7.83. The van der Waals surface area contributed by atoms with Crippen molar-refractivity contribution in [1.82, 2.24) is 16.0 Å². The highest BCUT2D eigenvalue weighted by molar-refractivity contribution is 5.94. The molecule has 0 atom stereocenters. The lowest BCUT2D eigenvalue weighted by Crippen LogP contribution is -2.25. The Bertz CT molecular complexity index is 726. The van der Waals surface area contributed by atoms with Crippen LogP contribution in [0.25, 0.3) is 0 Å². The molecule has 0 fully saturated rings. The van der Waals surface area contributed by atoms with Crippen LogP contribution in [0.5, 0.6) is 0 Å². The third-order valence-corrected chi connectivity index (χ3v) is 4.08. The molecule has 2 amide bonds. The number of carbonyl (C=O) groups is 2. The Balaban J connectivity index is 1.84. The SMILES string of the molecule is CNCCCC(=O)NCc1cccc(C(=O)NCc2ccc(C)cc2)c1. The first-order valence-corrected chi connectivity index (χ1v) is 8.92. The molecule has 5 nitrogen and oxygen atoms in total. The van der Waals surface area contributed by atoms with E-state index >= 15 is 0 Å².